The maximum absolute atomic E-state index is 12.7. The first-order chi connectivity index (χ1) is 14.0. The van der Waals surface area contributed by atoms with Crippen molar-refractivity contribution in [3.05, 3.63) is 48.0 Å². The predicted molar refractivity (Wildman–Crippen MR) is 118 cm³/mol. The number of rotatable bonds is 5. The Hall–Kier alpha value is -2.73. The van der Waals surface area contributed by atoms with Gasteiger partial charge in [-0.3, -0.25) is 9.59 Å². The van der Waals surface area contributed by atoms with Crippen LogP contribution in [0.5, 0.6) is 0 Å². The molecule has 1 aliphatic rings. The molecule has 1 fully saturated rings. The van der Waals surface area contributed by atoms with Crippen LogP contribution >= 0.6 is 11.3 Å². The third-order valence-corrected chi connectivity index (χ3v) is 6.35. The molecule has 1 saturated heterocycles. The van der Waals surface area contributed by atoms with E-state index in [2.05, 4.69) is 24.4 Å². The molecule has 2 heterocycles. The van der Waals surface area contributed by atoms with Crippen LogP contribution in [0, 0.1) is 6.92 Å². The molecule has 1 atom stereocenters. The summed E-state index contributed by atoms with van der Waals surface area (Å²) in [5.74, 6) is -0.0262. The highest BCUT2D eigenvalue weighted by molar-refractivity contribution is 7.21. The van der Waals surface area contributed by atoms with Crippen LogP contribution < -0.4 is 5.32 Å². The SMILES string of the molecule is CCCC(=O)N1CCCC1C(=O)Nc1ccc(-c2nc3ccc(C)cc3s2)cc1. The number of benzene rings is 2. The van der Waals surface area contributed by atoms with E-state index in [1.165, 1.54) is 10.3 Å². The number of likely N-dealkylation sites (tertiary alicyclic amines) is 1. The average molecular weight is 408 g/mol. The molecule has 1 aliphatic heterocycles. The molecular formula is C23H25N3O2S. The zero-order chi connectivity index (χ0) is 20.4. The number of aryl methyl sites for hydroxylation is 1. The number of nitrogens with zero attached hydrogens (tertiary/aromatic N) is 2. The van der Waals surface area contributed by atoms with Crippen molar-refractivity contribution in [3.63, 3.8) is 0 Å². The first-order valence-corrected chi connectivity index (χ1v) is 10.9. The maximum Gasteiger partial charge on any atom is 0.247 e. The highest BCUT2D eigenvalue weighted by atomic mass is 32.1. The highest BCUT2D eigenvalue weighted by Crippen LogP contribution is 2.31. The van der Waals surface area contributed by atoms with Crippen LogP contribution in [0.2, 0.25) is 0 Å². The number of carbonyl (C=O) groups is 2. The number of amides is 2. The van der Waals surface area contributed by atoms with E-state index in [0.29, 0.717) is 13.0 Å². The number of aromatic nitrogens is 1. The third kappa shape index (κ3) is 4.17. The number of thiazole rings is 1. The summed E-state index contributed by atoms with van der Waals surface area (Å²) in [5, 5.41) is 3.94. The van der Waals surface area contributed by atoms with Crippen molar-refractivity contribution < 1.29 is 9.59 Å². The summed E-state index contributed by atoms with van der Waals surface area (Å²) in [5.41, 5.74) is 4.00. The summed E-state index contributed by atoms with van der Waals surface area (Å²) < 4.78 is 1.18. The highest BCUT2D eigenvalue weighted by Gasteiger charge is 2.33. The van der Waals surface area contributed by atoms with Gasteiger partial charge in [-0.05, 0) is 68.1 Å². The average Bonchev–Trinajstić information content (AvgIpc) is 3.35. The second kappa shape index (κ2) is 8.33. The van der Waals surface area contributed by atoms with E-state index in [0.717, 1.165) is 41.0 Å². The van der Waals surface area contributed by atoms with E-state index < -0.39 is 0 Å². The lowest BCUT2D eigenvalue weighted by Gasteiger charge is -2.23. The molecule has 2 amide bonds. The standard InChI is InChI=1S/C23H25N3O2S/c1-3-5-21(27)26-13-4-6-19(26)22(28)24-17-10-8-16(9-11-17)23-25-18-12-7-15(2)14-20(18)29-23/h7-12,14,19H,3-6,13H2,1-2H3,(H,24,28). The van der Waals surface area contributed by atoms with Crippen LogP contribution in [-0.2, 0) is 9.59 Å². The Morgan fingerprint density at radius 2 is 2.00 bits per heavy atom. The summed E-state index contributed by atoms with van der Waals surface area (Å²) in [6.07, 6.45) is 2.91. The van der Waals surface area contributed by atoms with E-state index in [-0.39, 0.29) is 17.9 Å². The van der Waals surface area contributed by atoms with Crippen LogP contribution in [0.3, 0.4) is 0 Å². The molecular weight excluding hydrogens is 382 g/mol. The molecule has 4 rings (SSSR count). The van der Waals surface area contributed by atoms with Gasteiger partial charge in [0.05, 0.1) is 10.2 Å². The van der Waals surface area contributed by atoms with Gasteiger partial charge >= 0.3 is 0 Å². The predicted octanol–water partition coefficient (Wildman–Crippen LogP) is 5.00. The number of nitrogens with one attached hydrogen (secondary N) is 1. The molecule has 0 spiro atoms. The number of fused-ring (bicyclic) bond motifs is 1. The fraction of sp³-hybridized carbons (Fsp3) is 0.348. The van der Waals surface area contributed by atoms with E-state index in [4.69, 9.17) is 4.98 Å². The Morgan fingerprint density at radius 1 is 1.21 bits per heavy atom. The van der Waals surface area contributed by atoms with Crippen LogP contribution in [0.4, 0.5) is 5.69 Å². The van der Waals surface area contributed by atoms with Crippen LogP contribution in [0.15, 0.2) is 42.5 Å². The van der Waals surface area contributed by atoms with Crippen LogP contribution in [0.25, 0.3) is 20.8 Å². The lowest BCUT2D eigenvalue weighted by molar-refractivity contribution is -0.136. The van der Waals surface area contributed by atoms with Gasteiger partial charge in [0.15, 0.2) is 0 Å². The Labute approximate surface area is 174 Å². The van der Waals surface area contributed by atoms with Crippen molar-refractivity contribution in [1.29, 1.82) is 0 Å². The fourth-order valence-corrected chi connectivity index (χ4v) is 4.84. The van der Waals surface area contributed by atoms with Gasteiger partial charge in [-0.2, -0.15) is 0 Å². The molecule has 0 bridgehead atoms. The summed E-state index contributed by atoms with van der Waals surface area (Å²) in [4.78, 5) is 31.4. The van der Waals surface area contributed by atoms with Gasteiger partial charge in [-0.25, -0.2) is 4.98 Å². The van der Waals surface area contributed by atoms with E-state index in [1.807, 2.05) is 37.3 Å². The molecule has 150 valence electrons. The summed E-state index contributed by atoms with van der Waals surface area (Å²) in [6.45, 7) is 4.74. The Bertz CT molecular complexity index is 1040. The second-order valence-electron chi connectivity index (χ2n) is 7.55. The first-order valence-electron chi connectivity index (χ1n) is 10.1. The Morgan fingerprint density at radius 3 is 2.76 bits per heavy atom. The topological polar surface area (TPSA) is 62.3 Å². The molecule has 3 aromatic rings. The minimum atomic E-state index is -0.360. The van der Waals surface area contributed by atoms with E-state index in [9.17, 15) is 9.59 Å². The quantitative estimate of drug-likeness (QED) is 0.647. The van der Waals surface area contributed by atoms with Crippen molar-refractivity contribution >= 4 is 39.1 Å². The fourth-order valence-electron chi connectivity index (χ4n) is 3.77. The first kappa shape index (κ1) is 19.6. The molecule has 0 aliphatic carbocycles. The number of hydrogen-bond donors (Lipinski definition) is 1. The molecule has 1 unspecified atom stereocenters. The molecule has 6 heteroatoms. The molecule has 29 heavy (non-hydrogen) atoms. The minimum Gasteiger partial charge on any atom is -0.331 e. The van der Waals surface area contributed by atoms with E-state index >= 15 is 0 Å². The Kier molecular flexibility index (Phi) is 5.62. The number of carbonyl (C=O) groups excluding carboxylic acids is 2. The lowest BCUT2D eigenvalue weighted by Crippen LogP contribution is -2.43. The molecule has 5 nitrogen and oxygen atoms in total. The van der Waals surface area contributed by atoms with Crippen molar-refractivity contribution in [3.8, 4) is 10.6 Å². The number of anilines is 1. The van der Waals surface area contributed by atoms with Gasteiger partial charge < -0.3 is 10.2 Å². The molecule has 2 aromatic carbocycles. The van der Waals surface area contributed by atoms with E-state index in [1.54, 1.807) is 16.2 Å². The molecule has 0 radical (unpaired) electrons. The third-order valence-electron chi connectivity index (χ3n) is 5.28. The summed E-state index contributed by atoms with van der Waals surface area (Å²) in [6, 6.07) is 13.7. The van der Waals surface area contributed by atoms with Gasteiger partial charge in [0.25, 0.3) is 0 Å². The summed E-state index contributed by atoms with van der Waals surface area (Å²) >= 11 is 1.67. The summed E-state index contributed by atoms with van der Waals surface area (Å²) in [7, 11) is 0. The smallest absolute Gasteiger partial charge is 0.247 e. The van der Waals surface area contributed by atoms with Gasteiger partial charge in [-0.1, -0.05) is 13.0 Å². The zero-order valence-corrected chi connectivity index (χ0v) is 17.6. The Balaban J connectivity index is 1.46. The monoisotopic (exact) mass is 407 g/mol. The van der Waals surface area contributed by atoms with Crippen molar-refractivity contribution in [2.24, 2.45) is 0 Å². The van der Waals surface area contributed by atoms with Crippen LogP contribution in [-0.4, -0.2) is 34.3 Å². The normalized spacial score (nSPS) is 16.3. The minimum absolute atomic E-state index is 0.0755. The van der Waals surface area contributed by atoms with Gasteiger partial charge in [0, 0.05) is 24.2 Å². The second-order valence-corrected chi connectivity index (χ2v) is 8.58. The van der Waals surface area contributed by atoms with Gasteiger partial charge in [0.1, 0.15) is 11.0 Å². The number of hydrogen-bond acceptors (Lipinski definition) is 4. The van der Waals surface area contributed by atoms with Crippen LogP contribution in [0.1, 0.15) is 38.2 Å². The van der Waals surface area contributed by atoms with Gasteiger partial charge in [0.2, 0.25) is 11.8 Å². The lowest BCUT2D eigenvalue weighted by atomic mass is 10.1. The zero-order valence-electron chi connectivity index (χ0n) is 16.8. The molecule has 1 N–H and O–H groups in total. The van der Waals surface area contributed by atoms with Crippen molar-refractivity contribution in [1.82, 2.24) is 9.88 Å². The van der Waals surface area contributed by atoms with Crippen molar-refractivity contribution in [2.45, 2.75) is 45.6 Å². The maximum atomic E-state index is 12.7. The molecule has 1 aromatic heterocycles. The largest absolute Gasteiger partial charge is 0.331 e. The van der Waals surface area contributed by atoms with Crippen molar-refractivity contribution in [2.75, 3.05) is 11.9 Å². The van der Waals surface area contributed by atoms with Gasteiger partial charge in [-0.15, -0.1) is 11.3 Å². The molecule has 0 saturated carbocycles.